The highest BCUT2D eigenvalue weighted by atomic mass is 35.5. The quantitative estimate of drug-likeness (QED) is 0.172. The topological polar surface area (TPSA) is 138 Å². The molecule has 6 atom stereocenters. The molecule has 4 amide bonds. The molecule has 4 aliphatic rings. The number of carbonyl (C=O) groups is 4. The van der Waals surface area contributed by atoms with Crippen molar-refractivity contribution < 1.29 is 46.9 Å². The molecule has 3 fully saturated rings. The van der Waals surface area contributed by atoms with Crippen molar-refractivity contribution in [2.75, 3.05) is 26.2 Å². The molecule has 288 valence electrons. The Hall–Kier alpha value is -5.08. The molecule has 0 spiro atoms. The third kappa shape index (κ3) is 6.10. The Labute approximate surface area is 323 Å². The molecule has 2 saturated heterocycles. The van der Waals surface area contributed by atoms with Crippen molar-refractivity contribution in [1.82, 2.24) is 14.9 Å². The third-order valence-corrected chi connectivity index (χ3v) is 11.7. The number of hydrogen-bond acceptors (Lipinski definition) is 9. The summed E-state index contributed by atoms with van der Waals surface area (Å²) in [7, 11) is 2.75. The monoisotopic (exact) mass is 798 g/mol. The number of nitrogens with one attached hydrogen (secondary N) is 1. The minimum absolute atomic E-state index is 0.00324. The highest BCUT2D eigenvalue weighted by molar-refractivity contribution is 6.33. The lowest BCUT2D eigenvalue weighted by Crippen LogP contribution is -2.54. The number of phenolic OH excluding ortho intramolecular Hbond substituents is 1. The van der Waals surface area contributed by atoms with E-state index >= 15 is 4.79 Å². The number of hydrazine groups is 1. The average Bonchev–Trinajstić information content (AvgIpc) is 3.52. The summed E-state index contributed by atoms with van der Waals surface area (Å²) in [6, 6.07) is 10.2. The second kappa shape index (κ2) is 14.2. The smallest absolute Gasteiger partial charge is 0.417 e. The molecule has 1 saturated carbocycles. The second-order valence-electron chi connectivity index (χ2n) is 13.9. The Bertz CT molecular complexity index is 2140. The highest BCUT2D eigenvalue weighted by Crippen LogP contribution is 2.61. The van der Waals surface area contributed by atoms with E-state index in [-0.39, 0.29) is 54.3 Å². The maximum Gasteiger partial charge on any atom is 0.417 e. The molecule has 55 heavy (non-hydrogen) atoms. The molecule has 1 aromatic heterocycles. The van der Waals surface area contributed by atoms with Crippen molar-refractivity contribution in [3.8, 4) is 17.2 Å². The number of pyridine rings is 1. The third-order valence-electron chi connectivity index (χ3n) is 11.1. The summed E-state index contributed by atoms with van der Waals surface area (Å²) in [5.74, 6) is -6.61. The van der Waals surface area contributed by atoms with Gasteiger partial charge in [-0.05, 0) is 66.6 Å². The van der Waals surface area contributed by atoms with Gasteiger partial charge in [-0.15, -0.1) is 0 Å². The average molecular weight is 800 g/mol. The number of imide groups is 2. The number of halogens is 5. The normalized spacial score (nSPS) is 26.3. The summed E-state index contributed by atoms with van der Waals surface area (Å²) in [5, 5.41) is 11.2. The number of aromatic nitrogens is 1. The minimum Gasteiger partial charge on any atom is -0.502 e. The van der Waals surface area contributed by atoms with Gasteiger partial charge in [0.05, 0.1) is 48.0 Å². The molecule has 16 heteroatoms. The van der Waals surface area contributed by atoms with Gasteiger partial charge in [-0.3, -0.25) is 29.5 Å². The van der Waals surface area contributed by atoms with E-state index in [2.05, 4.69) is 10.4 Å². The molecule has 2 N–H and O–H groups in total. The van der Waals surface area contributed by atoms with Crippen LogP contribution in [0, 0.1) is 29.6 Å². The number of phenols is 1. The van der Waals surface area contributed by atoms with Gasteiger partial charge in [-0.1, -0.05) is 66.1 Å². The SMILES string of the molecule is CCCN1C(=O)[C@H]2[C@H](CC=C3[C@H]2C[C@H]2C(=O)N(Nc4ncc(C(F)(F)F)cc4Cl)C(=O)[C@@]2(c2ccc(Cl)cc2)[C@H]3C=Cc2cc(OC)c(O)c(OC)c2)C1=O. The van der Waals surface area contributed by atoms with E-state index in [4.69, 9.17) is 32.7 Å². The molecular weight excluding hydrogens is 764 g/mol. The van der Waals surface area contributed by atoms with Crippen LogP contribution in [-0.2, 0) is 30.8 Å². The maximum atomic E-state index is 15.2. The van der Waals surface area contributed by atoms with E-state index < -0.39 is 63.6 Å². The molecule has 3 aromatic rings. The summed E-state index contributed by atoms with van der Waals surface area (Å²) in [6.45, 7) is 2.11. The van der Waals surface area contributed by atoms with Crippen LogP contribution in [0.4, 0.5) is 19.0 Å². The summed E-state index contributed by atoms with van der Waals surface area (Å²) in [6.07, 6.45) is 1.89. The standard InChI is InChI=1S/C39H35Cl2F3N4O7/c1-4-13-47-34(50)24-11-10-23-25(31(24)36(47)52)17-27-35(51)48(46-33-28(41)16-21(18-45-33)39(42,43)44)37(53)38(27,20-6-8-22(40)9-7-20)26(23)12-5-19-14-29(54-2)32(49)30(15-19)55-3/h5-10,12,14-16,18,24-27,31,49H,4,11,13,17H2,1-3H3,(H,45,46)/t24-,25+,26-,27-,31-,38-/m0/s1. The van der Waals surface area contributed by atoms with Crippen LogP contribution in [-0.4, -0.2) is 64.4 Å². The second-order valence-corrected chi connectivity index (χ2v) is 14.8. The van der Waals surface area contributed by atoms with Crippen molar-refractivity contribution in [3.63, 3.8) is 0 Å². The lowest BCUT2D eigenvalue weighted by Gasteiger charge is -2.49. The van der Waals surface area contributed by atoms with Crippen molar-refractivity contribution >= 4 is 58.7 Å². The first-order valence-electron chi connectivity index (χ1n) is 17.5. The first-order chi connectivity index (χ1) is 26.2. The van der Waals surface area contributed by atoms with Crippen molar-refractivity contribution in [1.29, 1.82) is 0 Å². The number of amides is 4. The zero-order valence-corrected chi connectivity index (χ0v) is 31.2. The first kappa shape index (κ1) is 38.2. The van der Waals surface area contributed by atoms with Gasteiger partial charge in [-0.25, -0.2) is 4.98 Å². The van der Waals surface area contributed by atoms with E-state index in [1.807, 2.05) is 13.0 Å². The largest absolute Gasteiger partial charge is 0.502 e. The van der Waals surface area contributed by atoms with Crippen LogP contribution >= 0.6 is 23.2 Å². The summed E-state index contributed by atoms with van der Waals surface area (Å²) < 4.78 is 51.1. The Kier molecular flexibility index (Phi) is 9.87. The van der Waals surface area contributed by atoms with E-state index in [1.54, 1.807) is 48.6 Å². The number of benzene rings is 2. The Balaban J connectivity index is 1.42. The minimum atomic E-state index is -4.75. The van der Waals surface area contributed by atoms with E-state index in [0.717, 1.165) is 5.01 Å². The summed E-state index contributed by atoms with van der Waals surface area (Å²) in [4.78, 5) is 62.7. The van der Waals surface area contributed by atoms with Crippen LogP contribution in [0.1, 0.15) is 42.9 Å². The predicted octanol–water partition coefficient (Wildman–Crippen LogP) is 7.07. The molecule has 7 rings (SSSR count). The molecule has 0 unspecified atom stereocenters. The summed E-state index contributed by atoms with van der Waals surface area (Å²) in [5.41, 5.74) is 1.38. The lowest BCUT2D eigenvalue weighted by molar-refractivity contribution is -0.141. The van der Waals surface area contributed by atoms with Gasteiger partial charge in [0.25, 0.3) is 11.8 Å². The van der Waals surface area contributed by atoms with E-state index in [9.17, 15) is 32.7 Å². The molecule has 2 aliphatic heterocycles. The number of nitrogens with zero attached hydrogens (tertiary/aromatic N) is 3. The number of fused-ring (bicyclic) bond motifs is 4. The molecule has 0 radical (unpaired) electrons. The van der Waals surface area contributed by atoms with Crippen molar-refractivity contribution in [2.24, 2.45) is 29.6 Å². The summed E-state index contributed by atoms with van der Waals surface area (Å²) >= 11 is 12.6. The number of rotatable bonds is 9. The van der Waals surface area contributed by atoms with Crippen LogP contribution in [0.15, 0.2) is 66.4 Å². The fourth-order valence-corrected chi connectivity index (χ4v) is 9.09. The lowest BCUT2D eigenvalue weighted by atomic mass is 9.50. The zero-order chi connectivity index (χ0) is 39.6. The number of aromatic hydroxyl groups is 1. The number of hydrogen-bond donors (Lipinski definition) is 2. The van der Waals surface area contributed by atoms with Crippen LogP contribution < -0.4 is 14.9 Å². The Morgan fingerprint density at radius 1 is 1.00 bits per heavy atom. The number of likely N-dealkylation sites (tertiary alicyclic amines) is 1. The maximum absolute atomic E-state index is 15.2. The molecule has 11 nitrogen and oxygen atoms in total. The predicted molar refractivity (Wildman–Crippen MR) is 195 cm³/mol. The Morgan fingerprint density at radius 2 is 1.67 bits per heavy atom. The number of ether oxygens (including phenoxy) is 2. The number of alkyl halides is 3. The van der Waals surface area contributed by atoms with Crippen molar-refractivity contribution in [3.05, 3.63) is 93.1 Å². The van der Waals surface area contributed by atoms with Gasteiger partial charge in [-0.2, -0.15) is 18.2 Å². The Morgan fingerprint density at radius 3 is 2.27 bits per heavy atom. The van der Waals surface area contributed by atoms with Gasteiger partial charge in [0, 0.05) is 23.7 Å². The van der Waals surface area contributed by atoms with Gasteiger partial charge in [0.15, 0.2) is 17.3 Å². The van der Waals surface area contributed by atoms with Crippen LogP contribution in [0.25, 0.3) is 6.08 Å². The van der Waals surface area contributed by atoms with Gasteiger partial charge in [0.1, 0.15) is 0 Å². The van der Waals surface area contributed by atoms with Gasteiger partial charge < -0.3 is 14.6 Å². The van der Waals surface area contributed by atoms with Crippen LogP contribution in [0.2, 0.25) is 10.0 Å². The molecular formula is C39H35Cl2F3N4O7. The molecule has 0 bridgehead atoms. The van der Waals surface area contributed by atoms with Gasteiger partial charge >= 0.3 is 6.18 Å². The zero-order valence-electron chi connectivity index (χ0n) is 29.7. The van der Waals surface area contributed by atoms with E-state index in [1.165, 1.54) is 19.1 Å². The molecule has 2 aromatic carbocycles. The van der Waals surface area contributed by atoms with Crippen LogP contribution in [0.5, 0.6) is 17.2 Å². The molecule has 3 heterocycles. The molecule has 2 aliphatic carbocycles. The number of allylic oxidation sites excluding steroid dienone is 3. The first-order valence-corrected chi connectivity index (χ1v) is 18.2. The number of methoxy groups -OCH3 is 2. The van der Waals surface area contributed by atoms with E-state index in [0.29, 0.717) is 40.4 Å². The fraction of sp³-hybridized carbons (Fsp3) is 0.359. The van der Waals surface area contributed by atoms with Crippen molar-refractivity contribution in [2.45, 2.75) is 37.8 Å². The van der Waals surface area contributed by atoms with Crippen LogP contribution in [0.3, 0.4) is 0 Å². The van der Waals surface area contributed by atoms with Gasteiger partial charge in [0.2, 0.25) is 17.6 Å². The highest BCUT2D eigenvalue weighted by Gasteiger charge is 2.69. The number of anilines is 1. The number of carbonyl (C=O) groups excluding carboxylic acids is 4. The fourth-order valence-electron chi connectivity index (χ4n) is 8.76.